The van der Waals surface area contributed by atoms with E-state index < -0.39 is 0 Å². The normalized spacial score (nSPS) is 9.12. The van der Waals surface area contributed by atoms with Gasteiger partial charge in [-0.1, -0.05) is 4.85 Å². The van der Waals surface area contributed by atoms with Crippen LogP contribution in [-0.4, -0.2) is 10.1 Å². The Hall–Kier alpha value is -0.710. The first-order chi connectivity index (χ1) is 3.79. The van der Waals surface area contributed by atoms with Gasteiger partial charge in [-0.25, -0.2) is 4.98 Å². The van der Waals surface area contributed by atoms with Crippen molar-refractivity contribution in [1.82, 2.24) is 10.1 Å². The summed E-state index contributed by atoms with van der Waals surface area (Å²) in [4.78, 5) is 4.05. The Balaban J connectivity index is 3.08. The topological polar surface area (TPSA) is 52.7 Å². The van der Waals surface area contributed by atoms with E-state index in [-0.39, 0.29) is 0 Å². The van der Waals surface area contributed by atoms with Gasteiger partial charge in [0.2, 0.25) is 6.20 Å². The summed E-state index contributed by atoms with van der Waals surface area (Å²) in [7, 11) is 0. The Kier molecular flexibility index (Phi) is 1.38. The quantitative estimate of drug-likeness (QED) is 0.408. The summed E-state index contributed by atoms with van der Waals surface area (Å²) in [5.74, 6) is 0. The van der Waals surface area contributed by atoms with Crippen molar-refractivity contribution in [3.8, 4) is 0 Å². The first-order valence-corrected chi connectivity index (χ1v) is 2.66. The smallest absolute Gasteiger partial charge is 0.264 e. The summed E-state index contributed by atoms with van der Waals surface area (Å²) in [5.41, 5.74) is 0. The molecule has 4 nitrogen and oxygen atoms in total. The molecule has 1 heterocycles. The summed E-state index contributed by atoms with van der Waals surface area (Å²) >= 11 is 2.92. The Morgan fingerprint density at radius 1 is 1.75 bits per heavy atom. The lowest BCUT2D eigenvalue weighted by atomic mass is 10.9. The van der Waals surface area contributed by atoms with Crippen LogP contribution < -0.4 is 4.85 Å². The molecule has 42 valence electrons. The second-order valence-corrected chi connectivity index (χ2v) is 1.81. The van der Waals surface area contributed by atoms with Gasteiger partial charge in [0, 0.05) is 21.0 Å². The van der Waals surface area contributed by atoms with Gasteiger partial charge in [0.25, 0.3) is 4.73 Å². The SMILES string of the molecule is [O-][n+]1ccnc(Br)n1. The molecule has 0 aliphatic carbocycles. The molecule has 0 fully saturated rings. The van der Waals surface area contributed by atoms with Crippen LogP contribution >= 0.6 is 15.9 Å². The standard InChI is InChI=1S/C3H2BrN3O/c4-3-5-1-2-7(8)6-3/h1-2H. The number of halogens is 1. The van der Waals surface area contributed by atoms with Crippen LogP contribution in [0.15, 0.2) is 17.1 Å². The Morgan fingerprint density at radius 2 is 2.50 bits per heavy atom. The van der Waals surface area contributed by atoms with E-state index >= 15 is 0 Å². The van der Waals surface area contributed by atoms with Gasteiger partial charge in [0.15, 0.2) is 0 Å². The van der Waals surface area contributed by atoms with E-state index in [0.29, 0.717) is 9.58 Å². The van der Waals surface area contributed by atoms with Gasteiger partial charge in [-0.2, -0.15) is 0 Å². The number of aromatic nitrogens is 3. The highest BCUT2D eigenvalue weighted by molar-refractivity contribution is 9.10. The summed E-state index contributed by atoms with van der Waals surface area (Å²) in [6.45, 7) is 0. The molecule has 1 rings (SSSR count). The van der Waals surface area contributed by atoms with Crippen LogP contribution in [0.4, 0.5) is 0 Å². The average Bonchev–Trinajstić information content (AvgIpc) is 1.64. The van der Waals surface area contributed by atoms with E-state index in [1.54, 1.807) is 0 Å². The molecule has 0 radical (unpaired) electrons. The summed E-state index contributed by atoms with van der Waals surface area (Å²) < 4.78 is 0.301. The zero-order valence-corrected chi connectivity index (χ0v) is 5.37. The highest BCUT2D eigenvalue weighted by atomic mass is 79.9. The molecule has 8 heavy (non-hydrogen) atoms. The van der Waals surface area contributed by atoms with Gasteiger partial charge in [-0.05, 0) is 0 Å². The molecule has 0 bridgehead atoms. The van der Waals surface area contributed by atoms with Crippen LogP contribution in [0.25, 0.3) is 0 Å². The lowest BCUT2D eigenvalue weighted by Crippen LogP contribution is -2.30. The number of rotatable bonds is 0. The van der Waals surface area contributed by atoms with Crippen LogP contribution in [0.5, 0.6) is 0 Å². The minimum atomic E-state index is 0.301. The first-order valence-electron chi connectivity index (χ1n) is 1.87. The molecule has 0 N–H and O–H groups in total. The predicted molar refractivity (Wildman–Crippen MR) is 28.7 cm³/mol. The van der Waals surface area contributed by atoms with Gasteiger partial charge in [0.1, 0.15) is 0 Å². The Morgan fingerprint density at radius 3 is 2.88 bits per heavy atom. The van der Waals surface area contributed by atoms with Crippen LogP contribution in [0.1, 0.15) is 0 Å². The molecule has 0 aliphatic rings. The van der Waals surface area contributed by atoms with Gasteiger partial charge in [-0.15, -0.1) is 0 Å². The van der Waals surface area contributed by atoms with Crippen LogP contribution in [0.3, 0.4) is 0 Å². The lowest BCUT2D eigenvalue weighted by Gasteiger charge is -1.87. The van der Waals surface area contributed by atoms with E-state index in [1.807, 2.05) is 0 Å². The molecule has 0 saturated carbocycles. The highest BCUT2D eigenvalue weighted by Gasteiger charge is 1.90. The van der Waals surface area contributed by atoms with Crippen molar-refractivity contribution < 1.29 is 4.85 Å². The second kappa shape index (κ2) is 2.04. The third kappa shape index (κ3) is 1.13. The summed E-state index contributed by atoms with van der Waals surface area (Å²) in [5, 5.41) is 13.6. The molecule has 0 spiro atoms. The van der Waals surface area contributed by atoms with Crippen LogP contribution in [0, 0.1) is 5.21 Å². The third-order valence-corrected chi connectivity index (χ3v) is 0.920. The average molecular weight is 176 g/mol. The molecular weight excluding hydrogens is 174 g/mol. The van der Waals surface area contributed by atoms with Crippen molar-refractivity contribution in [2.45, 2.75) is 0 Å². The van der Waals surface area contributed by atoms with E-state index in [4.69, 9.17) is 0 Å². The van der Waals surface area contributed by atoms with Gasteiger partial charge < -0.3 is 5.21 Å². The molecular formula is C3H2BrN3O. The van der Waals surface area contributed by atoms with Crippen molar-refractivity contribution in [2.24, 2.45) is 0 Å². The highest BCUT2D eigenvalue weighted by Crippen LogP contribution is 1.91. The van der Waals surface area contributed by atoms with Crippen LogP contribution in [0.2, 0.25) is 0 Å². The predicted octanol–water partition coefficient (Wildman–Crippen LogP) is -0.128. The minimum Gasteiger partial charge on any atom is -0.594 e. The fraction of sp³-hybridized carbons (Fsp3) is 0. The summed E-state index contributed by atoms with van der Waals surface area (Å²) in [6.07, 6.45) is 2.58. The van der Waals surface area contributed by atoms with Crippen molar-refractivity contribution in [3.63, 3.8) is 0 Å². The molecule has 0 aromatic carbocycles. The molecule has 5 heteroatoms. The molecule has 1 aromatic heterocycles. The Labute approximate surface area is 53.9 Å². The molecule has 0 aliphatic heterocycles. The third-order valence-electron chi connectivity index (χ3n) is 0.556. The molecule has 0 amide bonds. The second-order valence-electron chi connectivity index (χ2n) is 1.10. The van der Waals surface area contributed by atoms with E-state index in [0.717, 1.165) is 0 Å². The first kappa shape index (κ1) is 5.43. The maximum absolute atomic E-state index is 10.2. The molecule has 0 unspecified atom stereocenters. The van der Waals surface area contributed by atoms with E-state index in [2.05, 4.69) is 26.0 Å². The van der Waals surface area contributed by atoms with Gasteiger partial charge in [0.05, 0.1) is 6.20 Å². The Bertz CT molecular complexity index is 174. The van der Waals surface area contributed by atoms with Crippen molar-refractivity contribution in [2.75, 3.05) is 0 Å². The summed E-state index contributed by atoms with van der Waals surface area (Å²) in [6, 6.07) is 0. The van der Waals surface area contributed by atoms with E-state index in [1.165, 1.54) is 12.4 Å². The largest absolute Gasteiger partial charge is 0.594 e. The molecule has 0 atom stereocenters. The minimum absolute atomic E-state index is 0.301. The zero-order valence-electron chi connectivity index (χ0n) is 3.78. The van der Waals surface area contributed by atoms with Gasteiger partial charge >= 0.3 is 0 Å². The zero-order chi connectivity index (χ0) is 5.98. The number of hydrogen-bond donors (Lipinski definition) is 0. The number of nitrogens with zero attached hydrogens (tertiary/aromatic N) is 3. The maximum Gasteiger partial charge on any atom is 0.264 e. The van der Waals surface area contributed by atoms with Crippen molar-refractivity contribution >= 4 is 15.9 Å². The van der Waals surface area contributed by atoms with Gasteiger partial charge in [-0.3, -0.25) is 0 Å². The number of hydrogen-bond acceptors (Lipinski definition) is 3. The fourth-order valence-electron chi connectivity index (χ4n) is 0.292. The maximum atomic E-state index is 10.2. The van der Waals surface area contributed by atoms with Crippen molar-refractivity contribution in [3.05, 3.63) is 22.3 Å². The lowest BCUT2D eigenvalue weighted by molar-refractivity contribution is -0.671. The fourth-order valence-corrected chi connectivity index (χ4v) is 0.567. The van der Waals surface area contributed by atoms with Crippen LogP contribution in [-0.2, 0) is 0 Å². The molecule has 0 saturated heterocycles. The monoisotopic (exact) mass is 175 g/mol. The van der Waals surface area contributed by atoms with E-state index in [9.17, 15) is 5.21 Å². The van der Waals surface area contributed by atoms with Crippen molar-refractivity contribution in [1.29, 1.82) is 0 Å². The molecule has 1 aromatic rings.